The van der Waals surface area contributed by atoms with Crippen LogP contribution in [-0.4, -0.2) is 19.6 Å². The lowest BCUT2D eigenvalue weighted by Gasteiger charge is -2.05. The summed E-state index contributed by atoms with van der Waals surface area (Å²) in [7, 11) is 0. The Labute approximate surface area is 93.0 Å². The van der Waals surface area contributed by atoms with Crippen molar-refractivity contribution in [3.8, 4) is 0 Å². The summed E-state index contributed by atoms with van der Waals surface area (Å²) < 4.78 is 2.07. The van der Waals surface area contributed by atoms with E-state index in [4.69, 9.17) is 0 Å². The van der Waals surface area contributed by atoms with Crippen molar-refractivity contribution in [2.24, 2.45) is 0 Å². The van der Waals surface area contributed by atoms with Crippen molar-refractivity contribution in [1.29, 1.82) is 0 Å². The molecule has 0 aliphatic heterocycles. The molecule has 0 saturated carbocycles. The summed E-state index contributed by atoms with van der Waals surface area (Å²) in [6, 6.07) is 8.08. The second-order valence-electron chi connectivity index (χ2n) is 3.81. The molecule has 0 atom stereocenters. The highest BCUT2D eigenvalue weighted by molar-refractivity contribution is 5.78. The Morgan fingerprint density at radius 3 is 2.81 bits per heavy atom. The topological polar surface area (TPSA) is 43.1 Å². The van der Waals surface area contributed by atoms with Gasteiger partial charge in [-0.15, -0.1) is 10.2 Å². The van der Waals surface area contributed by atoms with E-state index in [9.17, 15) is 0 Å². The predicted molar refractivity (Wildman–Crippen MR) is 62.4 cm³/mol. The van der Waals surface area contributed by atoms with E-state index in [2.05, 4.69) is 26.5 Å². The van der Waals surface area contributed by atoms with Gasteiger partial charge >= 0.3 is 0 Å². The molecule has 80 valence electrons. The smallest absolute Gasteiger partial charge is 0.183 e. The first-order valence-corrected chi connectivity index (χ1v) is 5.40. The van der Waals surface area contributed by atoms with Crippen molar-refractivity contribution in [1.82, 2.24) is 19.6 Å². The lowest BCUT2D eigenvalue weighted by atomic mass is 10.2. The monoisotopic (exact) mass is 212 g/mol. The van der Waals surface area contributed by atoms with E-state index in [-0.39, 0.29) is 0 Å². The molecule has 3 rings (SSSR count). The minimum Gasteiger partial charge on any atom is -0.276 e. The van der Waals surface area contributed by atoms with Crippen LogP contribution < -0.4 is 0 Å². The molecule has 3 aromatic rings. The molecule has 4 nitrogen and oxygen atoms in total. The lowest BCUT2D eigenvalue weighted by molar-refractivity contribution is 1.02. The van der Waals surface area contributed by atoms with Crippen LogP contribution >= 0.6 is 0 Å². The molecular weight excluding hydrogens is 200 g/mol. The normalized spacial score (nSPS) is 11.4. The number of rotatable bonds is 1. The third-order valence-corrected chi connectivity index (χ3v) is 2.80. The van der Waals surface area contributed by atoms with Crippen LogP contribution in [0.4, 0.5) is 0 Å². The zero-order chi connectivity index (χ0) is 11.1. The summed E-state index contributed by atoms with van der Waals surface area (Å²) in [5.74, 6) is 0.906. The van der Waals surface area contributed by atoms with Gasteiger partial charge < -0.3 is 0 Å². The molecule has 0 fully saturated rings. The third kappa shape index (κ3) is 1.13. The van der Waals surface area contributed by atoms with Crippen LogP contribution in [0.3, 0.4) is 0 Å². The lowest BCUT2D eigenvalue weighted by Crippen LogP contribution is -1.99. The zero-order valence-electron chi connectivity index (χ0n) is 9.31. The van der Waals surface area contributed by atoms with E-state index in [1.807, 2.05) is 31.2 Å². The van der Waals surface area contributed by atoms with Crippen LogP contribution in [-0.2, 0) is 6.42 Å². The van der Waals surface area contributed by atoms with Gasteiger partial charge in [-0.05, 0) is 25.5 Å². The van der Waals surface area contributed by atoms with Crippen LogP contribution in [0.15, 0.2) is 24.3 Å². The summed E-state index contributed by atoms with van der Waals surface area (Å²) >= 11 is 0. The second-order valence-corrected chi connectivity index (χ2v) is 3.81. The fraction of sp³-hybridized carbons (Fsp3) is 0.250. The minimum atomic E-state index is 0.868. The maximum atomic E-state index is 4.61. The van der Waals surface area contributed by atoms with Gasteiger partial charge in [0.2, 0.25) is 0 Å². The molecule has 0 unspecified atom stereocenters. The van der Waals surface area contributed by atoms with Crippen LogP contribution in [0.5, 0.6) is 0 Å². The van der Waals surface area contributed by atoms with E-state index < -0.39 is 0 Å². The van der Waals surface area contributed by atoms with Gasteiger partial charge in [0, 0.05) is 0 Å². The van der Waals surface area contributed by atoms with E-state index in [1.165, 1.54) is 0 Å². The number of aromatic nitrogens is 4. The van der Waals surface area contributed by atoms with Gasteiger partial charge in [-0.1, -0.05) is 19.1 Å². The van der Waals surface area contributed by atoms with Crippen LogP contribution in [0.1, 0.15) is 18.4 Å². The van der Waals surface area contributed by atoms with Crippen molar-refractivity contribution in [2.45, 2.75) is 20.3 Å². The fourth-order valence-corrected chi connectivity index (χ4v) is 2.02. The van der Waals surface area contributed by atoms with Gasteiger partial charge in [0.25, 0.3) is 0 Å². The molecule has 0 bridgehead atoms. The molecule has 0 aliphatic rings. The Morgan fingerprint density at radius 2 is 2.00 bits per heavy atom. The Hall–Kier alpha value is -1.97. The number of hydrogen-bond donors (Lipinski definition) is 0. The number of benzene rings is 1. The highest BCUT2D eigenvalue weighted by Gasteiger charge is 2.10. The second kappa shape index (κ2) is 3.27. The molecule has 0 spiro atoms. The average Bonchev–Trinajstić information content (AvgIpc) is 2.71. The Morgan fingerprint density at radius 1 is 1.19 bits per heavy atom. The number of aryl methyl sites for hydroxylation is 2. The van der Waals surface area contributed by atoms with Gasteiger partial charge in [0.1, 0.15) is 5.82 Å². The standard InChI is InChI=1S/C12H12N4/c1-3-9-12-15-14-8(2)16(12)11-7-5-4-6-10(11)13-9/h4-7H,3H2,1-2H3. The van der Waals surface area contributed by atoms with Crippen molar-refractivity contribution >= 4 is 16.7 Å². The first kappa shape index (κ1) is 9.27. The van der Waals surface area contributed by atoms with Crippen molar-refractivity contribution in [3.63, 3.8) is 0 Å². The van der Waals surface area contributed by atoms with Gasteiger partial charge in [-0.2, -0.15) is 0 Å². The fourth-order valence-electron chi connectivity index (χ4n) is 2.02. The first-order chi connectivity index (χ1) is 7.81. The molecule has 4 heteroatoms. The van der Waals surface area contributed by atoms with Crippen LogP contribution in [0, 0.1) is 6.92 Å². The highest BCUT2D eigenvalue weighted by Crippen LogP contribution is 2.18. The van der Waals surface area contributed by atoms with E-state index in [0.717, 1.165) is 34.6 Å². The first-order valence-electron chi connectivity index (χ1n) is 5.40. The molecule has 2 aromatic heterocycles. The summed E-state index contributed by atoms with van der Waals surface area (Å²) in [4.78, 5) is 4.61. The van der Waals surface area contributed by atoms with Gasteiger partial charge in [-0.25, -0.2) is 4.98 Å². The summed E-state index contributed by atoms with van der Waals surface area (Å²) in [5.41, 5.74) is 3.94. The van der Waals surface area contributed by atoms with E-state index in [1.54, 1.807) is 0 Å². The summed E-state index contributed by atoms with van der Waals surface area (Å²) in [6.45, 7) is 4.05. The van der Waals surface area contributed by atoms with Crippen LogP contribution in [0.25, 0.3) is 16.7 Å². The summed E-state index contributed by atoms with van der Waals surface area (Å²) in [5, 5.41) is 8.32. The molecule has 2 heterocycles. The highest BCUT2D eigenvalue weighted by atomic mass is 15.3. The Bertz CT molecular complexity index is 669. The Kier molecular flexibility index (Phi) is 1.89. The molecule has 0 N–H and O–H groups in total. The predicted octanol–water partition coefficient (Wildman–Crippen LogP) is 2.15. The minimum absolute atomic E-state index is 0.868. The van der Waals surface area contributed by atoms with E-state index >= 15 is 0 Å². The zero-order valence-corrected chi connectivity index (χ0v) is 9.31. The molecule has 0 aliphatic carbocycles. The number of para-hydroxylation sites is 2. The molecule has 0 amide bonds. The van der Waals surface area contributed by atoms with Crippen LogP contribution in [0.2, 0.25) is 0 Å². The largest absolute Gasteiger partial charge is 0.276 e. The SMILES string of the molecule is CCc1nc2ccccc2n2c(C)nnc12. The third-order valence-electron chi connectivity index (χ3n) is 2.80. The Balaban J connectivity index is 2.60. The maximum Gasteiger partial charge on any atom is 0.183 e. The van der Waals surface area contributed by atoms with Crippen molar-refractivity contribution in [3.05, 3.63) is 35.8 Å². The number of fused-ring (bicyclic) bond motifs is 3. The number of nitrogens with zero attached hydrogens (tertiary/aromatic N) is 4. The van der Waals surface area contributed by atoms with Gasteiger partial charge in [0.15, 0.2) is 5.65 Å². The van der Waals surface area contributed by atoms with Crippen molar-refractivity contribution < 1.29 is 0 Å². The molecular formula is C12H12N4. The van der Waals surface area contributed by atoms with E-state index in [0.29, 0.717) is 0 Å². The average molecular weight is 212 g/mol. The quantitative estimate of drug-likeness (QED) is 0.620. The van der Waals surface area contributed by atoms with Gasteiger partial charge in [-0.3, -0.25) is 4.40 Å². The molecule has 16 heavy (non-hydrogen) atoms. The maximum absolute atomic E-state index is 4.61. The molecule has 1 aromatic carbocycles. The number of hydrogen-bond acceptors (Lipinski definition) is 3. The van der Waals surface area contributed by atoms with Crippen molar-refractivity contribution in [2.75, 3.05) is 0 Å². The van der Waals surface area contributed by atoms with Gasteiger partial charge in [0.05, 0.1) is 16.7 Å². The molecule has 0 radical (unpaired) electrons. The molecule has 0 saturated heterocycles. The summed E-state index contributed by atoms with van der Waals surface area (Å²) in [6.07, 6.45) is 0.868.